The third-order valence-corrected chi connectivity index (χ3v) is 7.61. The first-order valence-corrected chi connectivity index (χ1v) is 11.4. The summed E-state index contributed by atoms with van der Waals surface area (Å²) in [6, 6.07) is 5.44. The highest BCUT2D eigenvalue weighted by molar-refractivity contribution is 7.89. The number of hydrogen-bond donors (Lipinski definition) is 1. The van der Waals surface area contributed by atoms with Gasteiger partial charge in [0, 0.05) is 13.1 Å². The lowest BCUT2D eigenvalue weighted by Gasteiger charge is -2.37. The molecule has 0 bridgehead atoms. The molecule has 8 heteroatoms. The fourth-order valence-corrected chi connectivity index (χ4v) is 5.80. The van der Waals surface area contributed by atoms with E-state index in [1.807, 2.05) is 44.7 Å². The fraction of sp³-hybridized carbons (Fsp3) is 0.650. The zero-order valence-corrected chi connectivity index (χ0v) is 18.1. The summed E-state index contributed by atoms with van der Waals surface area (Å²) in [6.45, 7) is 11.6. The number of nitrogens with one attached hydrogen (secondary N) is 1. The average Bonchev–Trinajstić information content (AvgIpc) is 2.61. The molecule has 1 amide bonds. The molecular formula is C20H32N3O4S+. The molecule has 1 N–H and O–H groups in total. The zero-order chi connectivity index (χ0) is 20.5. The third kappa shape index (κ3) is 4.74. The Balaban J connectivity index is 1.57. The first-order chi connectivity index (χ1) is 13.2. The van der Waals surface area contributed by atoms with Crippen molar-refractivity contribution < 1.29 is 22.8 Å². The first kappa shape index (κ1) is 21.2. The number of quaternary nitrogens is 1. The number of sulfonamides is 1. The van der Waals surface area contributed by atoms with Gasteiger partial charge in [0.2, 0.25) is 10.0 Å². The maximum atomic E-state index is 13.0. The monoisotopic (exact) mass is 410 g/mol. The van der Waals surface area contributed by atoms with Gasteiger partial charge in [-0.05, 0) is 39.3 Å². The molecular weight excluding hydrogens is 378 g/mol. The quantitative estimate of drug-likeness (QED) is 0.748. The maximum Gasteiger partial charge on any atom is 0.277 e. The first-order valence-electron chi connectivity index (χ1n) is 10.0. The molecule has 2 saturated heterocycles. The van der Waals surface area contributed by atoms with Gasteiger partial charge in [0.1, 0.15) is 0 Å². The number of carbonyl (C=O) groups excluding carboxylic acids is 1. The van der Waals surface area contributed by atoms with Gasteiger partial charge in [-0.3, -0.25) is 4.79 Å². The number of carbonyl (C=O) groups is 1. The van der Waals surface area contributed by atoms with Gasteiger partial charge in [-0.25, -0.2) is 8.42 Å². The van der Waals surface area contributed by atoms with Crippen molar-refractivity contribution in [3.63, 3.8) is 0 Å². The molecule has 2 heterocycles. The number of ether oxygens (including phenoxy) is 1. The van der Waals surface area contributed by atoms with E-state index in [2.05, 4.69) is 0 Å². The number of benzene rings is 1. The topological polar surface area (TPSA) is 71.4 Å². The molecule has 3 rings (SSSR count). The Morgan fingerprint density at radius 3 is 2.32 bits per heavy atom. The molecule has 0 radical (unpaired) electrons. The van der Waals surface area contributed by atoms with Crippen LogP contribution in [0.25, 0.3) is 0 Å². The Labute approximate surface area is 168 Å². The van der Waals surface area contributed by atoms with E-state index < -0.39 is 10.0 Å². The van der Waals surface area contributed by atoms with E-state index in [1.54, 1.807) is 10.4 Å². The molecule has 0 unspecified atom stereocenters. The van der Waals surface area contributed by atoms with E-state index in [9.17, 15) is 13.2 Å². The van der Waals surface area contributed by atoms with Gasteiger partial charge in [0.25, 0.3) is 5.91 Å². The maximum absolute atomic E-state index is 13.0. The van der Waals surface area contributed by atoms with E-state index >= 15 is 0 Å². The Hall–Kier alpha value is -1.48. The largest absolute Gasteiger partial charge is 0.372 e. The summed E-state index contributed by atoms with van der Waals surface area (Å²) < 4.78 is 33.2. The van der Waals surface area contributed by atoms with Crippen LogP contribution in [0.3, 0.4) is 0 Å². The molecule has 0 aliphatic carbocycles. The van der Waals surface area contributed by atoms with Crippen molar-refractivity contribution in [1.29, 1.82) is 0 Å². The second-order valence-electron chi connectivity index (χ2n) is 8.16. The molecule has 0 aromatic heterocycles. The number of hydrogen-bond acceptors (Lipinski definition) is 4. The summed E-state index contributed by atoms with van der Waals surface area (Å²) in [5.74, 6) is 0.127. The number of piperazine rings is 1. The fourth-order valence-electron chi connectivity index (χ4n) is 4.15. The molecule has 2 atom stereocenters. The lowest BCUT2D eigenvalue weighted by Crippen LogP contribution is -3.15. The van der Waals surface area contributed by atoms with Crippen molar-refractivity contribution in [2.24, 2.45) is 0 Å². The molecule has 2 fully saturated rings. The van der Waals surface area contributed by atoms with Gasteiger partial charge < -0.3 is 14.5 Å². The molecule has 156 valence electrons. The van der Waals surface area contributed by atoms with E-state index in [-0.39, 0.29) is 18.1 Å². The van der Waals surface area contributed by atoms with Gasteiger partial charge in [0.05, 0.1) is 43.3 Å². The summed E-state index contributed by atoms with van der Waals surface area (Å²) >= 11 is 0. The van der Waals surface area contributed by atoms with Crippen LogP contribution in [0.4, 0.5) is 0 Å². The van der Waals surface area contributed by atoms with Crippen molar-refractivity contribution >= 4 is 15.9 Å². The van der Waals surface area contributed by atoms with Crippen LogP contribution in [-0.4, -0.2) is 81.6 Å². The highest BCUT2D eigenvalue weighted by atomic mass is 32.2. The third-order valence-electron chi connectivity index (χ3n) is 5.55. The lowest BCUT2D eigenvalue weighted by molar-refractivity contribution is -0.896. The molecule has 28 heavy (non-hydrogen) atoms. The minimum atomic E-state index is -3.49. The number of aryl methyl sites for hydroxylation is 2. The molecule has 7 nitrogen and oxygen atoms in total. The highest BCUT2D eigenvalue weighted by Gasteiger charge is 2.33. The smallest absolute Gasteiger partial charge is 0.277 e. The van der Waals surface area contributed by atoms with E-state index in [0.29, 0.717) is 50.7 Å². The van der Waals surface area contributed by atoms with Crippen LogP contribution in [0.5, 0.6) is 0 Å². The number of rotatable bonds is 4. The standard InChI is InChI=1S/C20H31N3O4S/c1-15-5-6-19(16(2)11-15)28(25,26)23-9-7-21(8-10-23)14-20(24)22-12-17(3)27-18(4)13-22/h5-6,11,17-18H,7-10,12-14H2,1-4H3/p+1/t17-,18-/m0/s1. The number of morpholine rings is 1. The minimum absolute atomic E-state index is 0.0578. The van der Waals surface area contributed by atoms with E-state index in [4.69, 9.17) is 4.74 Å². The van der Waals surface area contributed by atoms with Gasteiger partial charge in [-0.15, -0.1) is 0 Å². The van der Waals surface area contributed by atoms with Crippen LogP contribution in [0.15, 0.2) is 23.1 Å². The van der Waals surface area contributed by atoms with Crippen LogP contribution < -0.4 is 4.90 Å². The molecule has 1 aromatic carbocycles. The molecule has 1 aromatic rings. The van der Waals surface area contributed by atoms with Crippen molar-refractivity contribution in [2.75, 3.05) is 45.8 Å². The van der Waals surface area contributed by atoms with Gasteiger partial charge in [0.15, 0.2) is 6.54 Å². The lowest BCUT2D eigenvalue weighted by atomic mass is 10.2. The molecule has 0 saturated carbocycles. The number of amides is 1. The second-order valence-corrected chi connectivity index (χ2v) is 10.1. The Morgan fingerprint density at radius 2 is 1.75 bits per heavy atom. The Kier molecular flexibility index (Phi) is 6.44. The molecule has 2 aliphatic heterocycles. The van der Waals surface area contributed by atoms with Crippen molar-refractivity contribution in [3.05, 3.63) is 29.3 Å². The van der Waals surface area contributed by atoms with Crippen molar-refractivity contribution in [2.45, 2.75) is 44.8 Å². The zero-order valence-electron chi connectivity index (χ0n) is 17.3. The predicted molar refractivity (Wildman–Crippen MR) is 107 cm³/mol. The summed E-state index contributed by atoms with van der Waals surface area (Å²) in [5, 5.41) is 0. The van der Waals surface area contributed by atoms with Gasteiger partial charge in [-0.1, -0.05) is 17.7 Å². The van der Waals surface area contributed by atoms with Crippen LogP contribution in [-0.2, 0) is 19.6 Å². The summed E-state index contributed by atoms with van der Waals surface area (Å²) in [5.41, 5.74) is 1.83. The Bertz CT molecular complexity index is 809. The van der Waals surface area contributed by atoms with Crippen LogP contribution in [0.2, 0.25) is 0 Å². The molecule has 0 spiro atoms. The summed E-state index contributed by atoms with van der Waals surface area (Å²) in [6.07, 6.45) is 0.116. The summed E-state index contributed by atoms with van der Waals surface area (Å²) in [7, 11) is -3.49. The van der Waals surface area contributed by atoms with Crippen LogP contribution in [0.1, 0.15) is 25.0 Å². The molecule has 2 aliphatic rings. The summed E-state index contributed by atoms with van der Waals surface area (Å²) in [4.78, 5) is 16.1. The van der Waals surface area contributed by atoms with Crippen LogP contribution in [0, 0.1) is 13.8 Å². The predicted octanol–water partition coefficient (Wildman–Crippen LogP) is -0.172. The number of nitrogens with zero attached hydrogens (tertiary/aromatic N) is 2. The minimum Gasteiger partial charge on any atom is -0.372 e. The van der Waals surface area contributed by atoms with Crippen molar-refractivity contribution in [3.8, 4) is 0 Å². The normalized spacial score (nSPS) is 25.1. The SMILES string of the molecule is Cc1ccc(S(=O)(=O)N2CC[NH+](CC(=O)N3C[C@H](C)O[C@@H](C)C3)CC2)c(C)c1. The van der Waals surface area contributed by atoms with Gasteiger partial charge in [-0.2, -0.15) is 4.31 Å². The highest BCUT2D eigenvalue weighted by Crippen LogP contribution is 2.21. The van der Waals surface area contributed by atoms with E-state index in [1.165, 1.54) is 0 Å². The second kappa shape index (κ2) is 8.49. The van der Waals surface area contributed by atoms with Crippen molar-refractivity contribution in [1.82, 2.24) is 9.21 Å². The van der Waals surface area contributed by atoms with Gasteiger partial charge >= 0.3 is 0 Å². The van der Waals surface area contributed by atoms with Crippen LogP contribution >= 0.6 is 0 Å². The Morgan fingerprint density at radius 1 is 1.14 bits per heavy atom. The average molecular weight is 411 g/mol. The van der Waals surface area contributed by atoms with E-state index in [0.717, 1.165) is 16.0 Å².